The normalized spacial score (nSPS) is 21.1. The second-order valence-electron chi connectivity index (χ2n) is 10.2. The van der Waals surface area contributed by atoms with E-state index in [0.717, 1.165) is 5.56 Å². The van der Waals surface area contributed by atoms with Crippen LogP contribution in [0, 0.1) is 0 Å². The summed E-state index contributed by atoms with van der Waals surface area (Å²) in [5, 5.41) is 24.6. The summed E-state index contributed by atoms with van der Waals surface area (Å²) in [4.78, 5) is 56.5. The van der Waals surface area contributed by atoms with Crippen molar-refractivity contribution < 1.29 is 24.3 Å². The van der Waals surface area contributed by atoms with Crippen molar-refractivity contribution in [2.75, 3.05) is 19.6 Å². The van der Waals surface area contributed by atoms with E-state index in [4.69, 9.17) is 0 Å². The molecule has 5 rings (SSSR count). The van der Waals surface area contributed by atoms with E-state index in [-0.39, 0.29) is 44.9 Å². The number of aliphatic hydroxyl groups is 1. The fourth-order valence-electron chi connectivity index (χ4n) is 5.16. The highest BCUT2D eigenvalue weighted by atomic mass is 16.3. The van der Waals surface area contributed by atoms with Gasteiger partial charge in [0.2, 0.25) is 17.7 Å². The lowest BCUT2D eigenvalue weighted by Gasteiger charge is -2.42. The van der Waals surface area contributed by atoms with Crippen molar-refractivity contribution in [2.24, 2.45) is 0 Å². The number of amides is 4. The van der Waals surface area contributed by atoms with E-state index in [1.807, 2.05) is 30.3 Å². The molecule has 2 aliphatic heterocycles. The Morgan fingerprint density at radius 2 is 1.73 bits per heavy atom. The molecule has 2 bridgehead atoms. The summed E-state index contributed by atoms with van der Waals surface area (Å²) in [6.45, 7) is 0.614. The molecule has 1 aromatic heterocycles. The summed E-state index contributed by atoms with van der Waals surface area (Å²) >= 11 is 0. The Morgan fingerprint density at radius 3 is 2.49 bits per heavy atom. The summed E-state index contributed by atoms with van der Waals surface area (Å²) in [5.41, 5.74) is 1.83. The third kappa shape index (κ3) is 6.77. The maximum atomic E-state index is 14.0. The molecule has 3 N–H and O–H groups in total. The number of aliphatic hydroxyl groups excluding tert-OH is 1. The van der Waals surface area contributed by atoms with Crippen LogP contribution < -0.4 is 10.6 Å². The molecule has 214 valence electrons. The van der Waals surface area contributed by atoms with Gasteiger partial charge < -0.3 is 25.5 Å². The van der Waals surface area contributed by atoms with E-state index in [1.165, 1.54) is 9.80 Å². The van der Waals surface area contributed by atoms with Gasteiger partial charge in [-0.1, -0.05) is 65.9 Å². The molecule has 0 spiro atoms. The van der Waals surface area contributed by atoms with Crippen molar-refractivity contribution in [1.82, 2.24) is 35.4 Å². The predicted octanol–water partition coefficient (Wildman–Crippen LogP) is 0.189. The summed E-state index contributed by atoms with van der Waals surface area (Å²) in [6, 6.07) is 16.0. The lowest BCUT2D eigenvalue weighted by Crippen LogP contribution is -2.64. The first-order valence-corrected chi connectivity index (χ1v) is 13.7. The number of carbonyl (C=O) groups is 4. The van der Waals surface area contributed by atoms with Gasteiger partial charge in [0.1, 0.15) is 17.8 Å². The van der Waals surface area contributed by atoms with E-state index in [0.29, 0.717) is 24.2 Å². The molecule has 3 heterocycles. The molecule has 3 aromatic rings. The van der Waals surface area contributed by atoms with Gasteiger partial charge in [-0.25, -0.2) is 0 Å². The summed E-state index contributed by atoms with van der Waals surface area (Å²) in [6.07, 6.45) is 1.24. The standard InChI is InChI=1S/C29H33N7O5/c37-25-12-7-13-35-18-22(32-33-35)17-30-27(39)24-19-34(29(41)26(38)21-10-5-2-6-11-21)14-15-36(24)28(40)23(31-25)16-20-8-3-1-4-9-20/h1-6,8-11,18,23-24,26,38H,7,12-17,19H2,(H,30,39)(H,31,37)/t23-,24+,26+/m0/s1. The van der Waals surface area contributed by atoms with Gasteiger partial charge in [0.25, 0.3) is 5.91 Å². The van der Waals surface area contributed by atoms with Crippen LogP contribution in [0.2, 0.25) is 0 Å². The molecule has 12 nitrogen and oxygen atoms in total. The first-order chi connectivity index (χ1) is 19.9. The van der Waals surface area contributed by atoms with Gasteiger partial charge in [0.15, 0.2) is 6.10 Å². The van der Waals surface area contributed by atoms with Gasteiger partial charge in [-0.2, -0.15) is 0 Å². The minimum absolute atomic E-state index is 0.0571. The quantitative estimate of drug-likeness (QED) is 0.413. The molecule has 3 atom stereocenters. The fourth-order valence-corrected chi connectivity index (χ4v) is 5.16. The number of piperazine rings is 1. The second kappa shape index (κ2) is 12.7. The topological polar surface area (TPSA) is 150 Å². The molecular formula is C29H33N7O5. The molecule has 12 heteroatoms. The van der Waals surface area contributed by atoms with Crippen LogP contribution in [0.3, 0.4) is 0 Å². The van der Waals surface area contributed by atoms with Crippen LogP contribution >= 0.6 is 0 Å². The molecule has 0 saturated carbocycles. The lowest BCUT2D eigenvalue weighted by molar-refractivity contribution is -0.153. The van der Waals surface area contributed by atoms with Crippen LogP contribution in [-0.2, 0) is 38.7 Å². The summed E-state index contributed by atoms with van der Waals surface area (Å²) in [7, 11) is 0. The smallest absolute Gasteiger partial charge is 0.256 e. The van der Waals surface area contributed by atoms with E-state index in [1.54, 1.807) is 41.2 Å². The highest BCUT2D eigenvalue weighted by Crippen LogP contribution is 2.20. The number of carbonyl (C=O) groups excluding carboxylic acids is 4. The highest BCUT2D eigenvalue weighted by Gasteiger charge is 2.41. The number of hydrogen-bond donors (Lipinski definition) is 3. The largest absolute Gasteiger partial charge is 0.378 e. The number of aromatic nitrogens is 3. The van der Waals surface area contributed by atoms with Gasteiger partial charge in [-0.15, -0.1) is 5.10 Å². The van der Waals surface area contributed by atoms with Gasteiger partial charge in [0.05, 0.1) is 19.3 Å². The molecule has 1 saturated heterocycles. The molecular weight excluding hydrogens is 526 g/mol. The van der Waals surface area contributed by atoms with Gasteiger partial charge in [-0.3, -0.25) is 23.9 Å². The van der Waals surface area contributed by atoms with Gasteiger partial charge in [0, 0.05) is 32.5 Å². The minimum atomic E-state index is -1.40. The Kier molecular flexibility index (Phi) is 8.68. The third-order valence-corrected chi connectivity index (χ3v) is 7.36. The Balaban J connectivity index is 1.42. The molecule has 4 amide bonds. The van der Waals surface area contributed by atoms with Crippen LogP contribution in [0.5, 0.6) is 0 Å². The van der Waals surface area contributed by atoms with Crippen LogP contribution in [0.25, 0.3) is 0 Å². The Hall–Kier alpha value is -4.58. The zero-order valence-corrected chi connectivity index (χ0v) is 22.6. The first-order valence-electron chi connectivity index (χ1n) is 13.7. The number of nitrogens with zero attached hydrogens (tertiary/aromatic N) is 5. The minimum Gasteiger partial charge on any atom is -0.378 e. The van der Waals surface area contributed by atoms with Gasteiger partial charge >= 0.3 is 0 Å². The van der Waals surface area contributed by atoms with Crippen molar-refractivity contribution in [3.63, 3.8) is 0 Å². The van der Waals surface area contributed by atoms with Gasteiger partial charge in [-0.05, 0) is 17.5 Å². The summed E-state index contributed by atoms with van der Waals surface area (Å²) < 4.78 is 1.61. The van der Waals surface area contributed by atoms with Crippen LogP contribution in [0.15, 0.2) is 66.9 Å². The zero-order valence-electron chi connectivity index (χ0n) is 22.6. The Morgan fingerprint density at radius 1 is 1.00 bits per heavy atom. The highest BCUT2D eigenvalue weighted by molar-refractivity contribution is 5.93. The third-order valence-electron chi connectivity index (χ3n) is 7.36. The summed E-state index contributed by atoms with van der Waals surface area (Å²) in [5.74, 6) is -1.71. The molecule has 2 aliphatic rings. The maximum Gasteiger partial charge on any atom is 0.256 e. The first kappa shape index (κ1) is 28.0. The van der Waals surface area contributed by atoms with Crippen molar-refractivity contribution in [3.05, 3.63) is 83.7 Å². The SMILES string of the molecule is O=C1CCCn2cc(nn2)CNC(=O)[C@H]2CN(C(=O)[C@H](O)c3ccccc3)CCN2C(=O)[C@H](Cc2ccccc2)N1. The van der Waals surface area contributed by atoms with Crippen LogP contribution in [-0.4, -0.2) is 85.2 Å². The zero-order chi connectivity index (χ0) is 28.8. The van der Waals surface area contributed by atoms with E-state index in [2.05, 4.69) is 20.9 Å². The number of fused-ring (bicyclic) bond motifs is 3. The number of hydrogen-bond acceptors (Lipinski definition) is 7. The molecule has 41 heavy (non-hydrogen) atoms. The van der Waals surface area contributed by atoms with E-state index in [9.17, 15) is 24.3 Å². The monoisotopic (exact) mass is 559 g/mol. The van der Waals surface area contributed by atoms with Crippen LogP contribution in [0.1, 0.15) is 35.8 Å². The average molecular weight is 560 g/mol. The number of aryl methyl sites for hydroxylation is 1. The van der Waals surface area contributed by atoms with Crippen molar-refractivity contribution in [3.8, 4) is 0 Å². The maximum absolute atomic E-state index is 14.0. The predicted molar refractivity (Wildman–Crippen MR) is 147 cm³/mol. The fraction of sp³-hybridized carbons (Fsp3) is 0.379. The average Bonchev–Trinajstić information content (AvgIpc) is 3.46. The molecule has 2 aromatic carbocycles. The van der Waals surface area contributed by atoms with Crippen molar-refractivity contribution in [2.45, 2.75) is 50.5 Å². The van der Waals surface area contributed by atoms with Crippen LogP contribution in [0.4, 0.5) is 0 Å². The lowest BCUT2D eigenvalue weighted by atomic mass is 10.0. The van der Waals surface area contributed by atoms with Crippen molar-refractivity contribution >= 4 is 23.6 Å². The van der Waals surface area contributed by atoms with E-state index >= 15 is 0 Å². The number of rotatable bonds is 4. The second-order valence-corrected chi connectivity index (χ2v) is 10.2. The Labute approximate surface area is 237 Å². The van der Waals surface area contributed by atoms with Crippen molar-refractivity contribution in [1.29, 1.82) is 0 Å². The molecule has 1 fully saturated rings. The molecule has 0 radical (unpaired) electrons. The molecule has 0 unspecified atom stereocenters. The molecule has 0 aliphatic carbocycles. The van der Waals surface area contributed by atoms with E-state index < -0.39 is 35.9 Å². The number of nitrogens with one attached hydrogen (secondary N) is 2. The Bertz CT molecular complexity index is 1380. The number of benzene rings is 2.